The fourth-order valence-corrected chi connectivity index (χ4v) is 4.70. The molecular formula is C18H13BrClNO2S. The summed E-state index contributed by atoms with van der Waals surface area (Å²) < 4.78 is 7.65. The monoisotopic (exact) mass is 421 g/mol. The normalized spacial score (nSPS) is 16.5. The molecule has 1 unspecified atom stereocenters. The van der Waals surface area contributed by atoms with Crippen LogP contribution < -0.4 is 10.1 Å². The first-order valence-electron chi connectivity index (χ1n) is 7.53. The van der Waals surface area contributed by atoms with Gasteiger partial charge < -0.3 is 10.1 Å². The van der Waals surface area contributed by atoms with Crippen molar-refractivity contribution < 1.29 is 9.53 Å². The van der Waals surface area contributed by atoms with E-state index in [4.69, 9.17) is 16.3 Å². The molecule has 1 aromatic heterocycles. The molecule has 24 heavy (non-hydrogen) atoms. The second-order valence-corrected chi connectivity index (χ2v) is 7.93. The van der Waals surface area contributed by atoms with Crippen molar-refractivity contribution >= 4 is 54.9 Å². The van der Waals surface area contributed by atoms with Gasteiger partial charge in [-0.2, -0.15) is 0 Å². The number of fused-ring (bicyclic) bond motifs is 2. The van der Waals surface area contributed by atoms with Gasteiger partial charge in [0.1, 0.15) is 10.6 Å². The first-order valence-corrected chi connectivity index (χ1v) is 9.52. The van der Waals surface area contributed by atoms with Crippen molar-refractivity contribution in [2.75, 3.05) is 6.61 Å². The summed E-state index contributed by atoms with van der Waals surface area (Å²) in [5.41, 5.74) is 0.987. The number of benzene rings is 2. The van der Waals surface area contributed by atoms with Crippen molar-refractivity contribution in [2.24, 2.45) is 0 Å². The summed E-state index contributed by atoms with van der Waals surface area (Å²) in [7, 11) is 0. The van der Waals surface area contributed by atoms with Crippen LogP contribution in [0.5, 0.6) is 5.75 Å². The minimum Gasteiger partial charge on any atom is -0.493 e. The molecule has 0 aliphatic carbocycles. The van der Waals surface area contributed by atoms with E-state index in [2.05, 4.69) is 21.2 Å². The Morgan fingerprint density at radius 1 is 1.29 bits per heavy atom. The Morgan fingerprint density at radius 3 is 2.96 bits per heavy atom. The number of halogens is 2. The quantitative estimate of drug-likeness (QED) is 0.586. The van der Waals surface area contributed by atoms with E-state index < -0.39 is 0 Å². The number of carbonyl (C=O) groups excluding carboxylic acids is 1. The lowest BCUT2D eigenvalue weighted by molar-refractivity contribution is 0.0929. The molecule has 2 heterocycles. The lowest BCUT2D eigenvalue weighted by Crippen LogP contribution is -2.31. The van der Waals surface area contributed by atoms with Crippen molar-refractivity contribution in [3.63, 3.8) is 0 Å². The second-order valence-electron chi connectivity index (χ2n) is 5.59. The van der Waals surface area contributed by atoms with Crippen LogP contribution in [-0.2, 0) is 0 Å². The number of nitrogens with one attached hydrogen (secondary N) is 1. The summed E-state index contributed by atoms with van der Waals surface area (Å²) in [6.45, 7) is 0.583. The third-order valence-corrected chi connectivity index (χ3v) is 6.23. The molecule has 0 spiro atoms. The van der Waals surface area contributed by atoms with Crippen LogP contribution in [0.2, 0.25) is 5.02 Å². The van der Waals surface area contributed by atoms with E-state index in [0.29, 0.717) is 16.5 Å². The van der Waals surface area contributed by atoms with Gasteiger partial charge in [0.15, 0.2) is 0 Å². The van der Waals surface area contributed by atoms with Crippen LogP contribution in [0.1, 0.15) is 27.7 Å². The predicted molar refractivity (Wildman–Crippen MR) is 101 cm³/mol. The zero-order valence-corrected chi connectivity index (χ0v) is 15.7. The van der Waals surface area contributed by atoms with E-state index >= 15 is 0 Å². The maximum absolute atomic E-state index is 12.8. The van der Waals surface area contributed by atoms with Crippen LogP contribution in [0, 0.1) is 0 Å². The second kappa shape index (κ2) is 6.39. The number of thiophene rings is 1. The average Bonchev–Trinajstić information content (AvgIpc) is 2.93. The fourth-order valence-electron chi connectivity index (χ4n) is 2.90. The van der Waals surface area contributed by atoms with Gasteiger partial charge in [0.2, 0.25) is 0 Å². The molecule has 1 N–H and O–H groups in total. The number of carbonyl (C=O) groups is 1. The Hall–Kier alpha value is -1.56. The lowest BCUT2D eigenvalue weighted by atomic mass is 10.0. The van der Waals surface area contributed by atoms with Crippen LogP contribution >= 0.6 is 38.9 Å². The third-order valence-electron chi connectivity index (χ3n) is 4.06. The van der Waals surface area contributed by atoms with Crippen molar-refractivity contribution in [3.8, 4) is 5.75 Å². The van der Waals surface area contributed by atoms with Crippen LogP contribution in [0.15, 0.2) is 46.9 Å². The molecule has 0 saturated carbocycles. The molecule has 0 fully saturated rings. The number of amides is 1. The molecule has 3 nitrogen and oxygen atoms in total. The Balaban J connectivity index is 1.65. The maximum atomic E-state index is 12.8. The van der Waals surface area contributed by atoms with E-state index in [0.717, 1.165) is 32.3 Å². The Bertz CT molecular complexity index is 940. The molecule has 1 atom stereocenters. The first-order chi connectivity index (χ1) is 11.6. The lowest BCUT2D eigenvalue weighted by Gasteiger charge is -2.26. The molecule has 0 saturated heterocycles. The summed E-state index contributed by atoms with van der Waals surface area (Å²) in [6.07, 6.45) is 0.734. The van der Waals surface area contributed by atoms with Crippen LogP contribution in [0.25, 0.3) is 10.1 Å². The van der Waals surface area contributed by atoms with Gasteiger partial charge in [-0.3, -0.25) is 4.79 Å². The van der Waals surface area contributed by atoms with Crippen molar-refractivity contribution in [1.29, 1.82) is 0 Å². The molecule has 122 valence electrons. The van der Waals surface area contributed by atoms with Crippen LogP contribution in [-0.4, -0.2) is 12.5 Å². The van der Waals surface area contributed by atoms with Gasteiger partial charge in [-0.1, -0.05) is 45.7 Å². The highest BCUT2D eigenvalue weighted by Gasteiger charge is 2.25. The van der Waals surface area contributed by atoms with E-state index in [1.165, 1.54) is 11.3 Å². The summed E-state index contributed by atoms with van der Waals surface area (Å²) in [5.74, 6) is 0.677. The van der Waals surface area contributed by atoms with Gasteiger partial charge in [-0.15, -0.1) is 11.3 Å². The highest BCUT2D eigenvalue weighted by atomic mass is 79.9. The molecule has 1 aliphatic rings. The molecule has 1 aliphatic heterocycles. The zero-order valence-electron chi connectivity index (χ0n) is 12.5. The Labute approximate surface area is 156 Å². The third kappa shape index (κ3) is 2.81. The van der Waals surface area contributed by atoms with Gasteiger partial charge in [0, 0.05) is 26.5 Å². The largest absolute Gasteiger partial charge is 0.493 e. The standard InChI is InChI=1S/C18H13BrClNO2S/c19-10-5-6-14-12(9-10)13(7-8-23-14)21-18(22)17-16(20)11-3-1-2-4-15(11)24-17/h1-6,9,13H,7-8H2,(H,21,22). The number of hydrogen-bond acceptors (Lipinski definition) is 3. The van der Waals surface area contributed by atoms with Gasteiger partial charge in [0.05, 0.1) is 17.7 Å². The van der Waals surface area contributed by atoms with E-state index in [1.807, 2.05) is 42.5 Å². The summed E-state index contributed by atoms with van der Waals surface area (Å²) in [4.78, 5) is 13.3. The van der Waals surface area contributed by atoms with Crippen molar-refractivity contribution in [3.05, 3.63) is 62.4 Å². The Morgan fingerprint density at radius 2 is 2.12 bits per heavy atom. The maximum Gasteiger partial charge on any atom is 0.263 e. The van der Waals surface area contributed by atoms with Gasteiger partial charge in [-0.25, -0.2) is 0 Å². The SMILES string of the molecule is O=C(NC1CCOc2ccc(Br)cc21)c1sc2ccccc2c1Cl. The molecule has 1 amide bonds. The van der Waals surface area contributed by atoms with E-state index in [1.54, 1.807) is 0 Å². The average molecular weight is 423 g/mol. The zero-order chi connectivity index (χ0) is 16.7. The van der Waals surface area contributed by atoms with Gasteiger partial charge in [0.25, 0.3) is 5.91 Å². The molecule has 2 aromatic carbocycles. The molecular weight excluding hydrogens is 410 g/mol. The molecule has 6 heteroatoms. The van der Waals surface area contributed by atoms with Crippen LogP contribution in [0.4, 0.5) is 0 Å². The summed E-state index contributed by atoms with van der Waals surface area (Å²) in [5, 5.41) is 4.55. The highest BCUT2D eigenvalue weighted by Crippen LogP contribution is 2.37. The number of ether oxygens (including phenoxy) is 1. The summed E-state index contributed by atoms with van der Waals surface area (Å²) >= 11 is 11.3. The smallest absolute Gasteiger partial charge is 0.263 e. The highest BCUT2D eigenvalue weighted by molar-refractivity contribution is 9.10. The van der Waals surface area contributed by atoms with Gasteiger partial charge in [-0.05, 0) is 24.3 Å². The molecule has 3 aromatic rings. The van der Waals surface area contributed by atoms with Crippen molar-refractivity contribution in [1.82, 2.24) is 5.32 Å². The fraction of sp³-hybridized carbons (Fsp3) is 0.167. The molecule has 0 bridgehead atoms. The molecule has 4 rings (SSSR count). The number of rotatable bonds is 2. The minimum atomic E-state index is -0.140. The summed E-state index contributed by atoms with van der Waals surface area (Å²) in [6, 6.07) is 13.6. The van der Waals surface area contributed by atoms with Gasteiger partial charge >= 0.3 is 0 Å². The topological polar surface area (TPSA) is 38.3 Å². The van der Waals surface area contributed by atoms with E-state index in [-0.39, 0.29) is 11.9 Å². The molecule has 0 radical (unpaired) electrons. The van der Waals surface area contributed by atoms with E-state index in [9.17, 15) is 4.79 Å². The Kier molecular flexibility index (Phi) is 4.24. The van der Waals surface area contributed by atoms with Crippen molar-refractivity contribution in [2.45, 2.75) is 12.5 Å². The number of hydrogen-bond donors (Lipinski definition) is 1. The predicted octanol–water partition coefficient (Wildman–Crippen LogP) is 5.57. The van der Waals surface area contributed by atoms with Crippen LogP contribution in [0.3, 0.4) is 0 Å². The first kappa shape index (κ1) is 15.9. The minimum absolute atomic E-state index is 0.0833.